The lowest BCUT2D eigenvalue weighted by Crippen LogP contribution is -2.48. The molecule has 0 aliphatic rings. The maximum absolute atomic E-state index is 13.2. The van der Waals surface area contributed by atoms with Gasteiger partial charge in [-0.1, -0.05) is 53.6 Å². The average molecular weight is 475 g/mol. The van der Waals surface area contributed by atoms with Crippen molar-refractivity contribution in [2.75, 3.05) is 5.32 Å². The number of para-hydroxylation sites is 1. The second kappa shape index (κ2) is 11.1. The fourth-order valence-electron chi connectivity index (χ4n) is 3.32. The number of amides is 1. The zero-order chi connectivity index (χ0) is 25.5. The summed E-state index contributed by atoms with van der Waals surface area (Å²) in [5.41, 5.74) is 2.83. The van der Waals surface area contributed by atoms with E-state index in [0.717, 1.165) is 11.1 Å². The topological polar surface area (TPSA) is 119 Å². The molecule has 0 saturated heterocycles. The Bertz CT molecular complexity index is 1270. The van der Waals surface area contributed by atoms with Gasteiger partial charge in [-0.3, -0.25) is 4.79 Å². The fourth-order valence-corrected chi connectivity index (χ4v) is 3.32. The molecule has 35 heavy (non-hydrogen) atoms. The zero-order valence-electron chi connectivity index (χ0n) is 19.5. The van der Waals surface area contributed by atoms with Crippen LogP contribution in [0.5, 0.6) is 0 Å². The summed E-state index contributed by atoms with van der Waals surface area (Å²) in [7, 11) is 0. The van der Waals surface area contributed by atoms with Crippen molar-refractivity contribution >= 4 is 29.5 Å². The standard InChI is InChI=1S/C27H25NO7/c1-16-8-6-11-19(14-16)26(32)34-22(24(29)28-21-13-5-4-10-18(21)3)23(25(30)31)35-27(33)20-12-7-9-17(2)15-20/h4-15,22-23H,1-3H3,(H,28,29)(H,30,31)/t22-,23-/m0/s1. The van der Waals surface area contributed by atoms with Gasteiger partial charge in [0.2, 0.25) is 12.2 Å². The maximum atomic E-state index is 13.2. The molecule has 3 rings (SSSR count). The summed E-state index contributed by atoms with van der Waals surface area (Å²) < 4.78 is 10.5. The van der Waals surface area contributed by atoms with Crippen molar-refractivity contribution in [3.63, 3.8) is 0 Å². The molecule has 0 aromatic heterocycles. The first kappa shape index (κ1) is 25.2. The van der Waals surface area contributed by atoms with Crippen LogP contribution in [0.25, 0.3) is 0 Å². The molecular formula is C27H25NO7. The van der Waals surface area contributed by atoms with Crippen molar-refractivity contribution in [1.29, 1.82) is 0 Å². The molecule has 2 atom stereocenters. The molecule has 8 heteroatoms. The van der Waals surface area contributed by atoms with Crippen molar-refractivity contribution in [3.05, 3.63) is 101 Å². The Morgan fingerprint density at radius 2 is 1.23 bits per heavy atom. The van der Waals surface area contributed by atoms with E-state index in [1.54, 1.807) is 69.3 Å². The largest absolute Gasteiger partial charge is 0.478 e. The molecular weight excluding hydrogens is 450 g/mol. The van der Waals surface area contributed by atoms with Gasteiger partial charge in [0.05, 0.1) is 11.1 Å². The number of ether oxygens (including phenoxy) is 2. The number of benzene rings is 3. The number of anilines is 1. The Morgan fingerprint density at radius 1 is 0.714 bits per heavy atom. The molecule has 1 amide bonds. The van der Waals surface area contributed by atoms with Crippen LogP contribution >= 0.6 is 0 Å². The van der Waals surface area contributed by atoms with Crippen molar-refractivity contribution in [2.45, 2.75) is 33.0 Å². The number of esters is 2. The summed E-state index contributed by atoms with van der Waals surface area (Å²) in [6.07, 6.45) is -4.06. The molecule has 0 heterocycles. The van der Waals surface area contributed by atoms with Crippen LogP contribution in [0.2, 0.25) is 0 Å². The van der Waals surface area contributed by atoms with Crippen molar-refractivity contribution in [1.82, 2.24) is 0 Å². The highest BCUT2D eigenvalue weighted by molar-refractivity contribution is 6.01. The molecule has 0 bridgehead atoms. The second-order valence-electron chi connectivity index (χ2n) is 8.03. The third kappa shape index (κ3) is 6.54. The van der Waals surface area contributed by atoms with Gasteiger partial charge in [-0.2, -0.15) is 0 Å². The van der Waals surface area contributed by atoms with Crippen molar-refractivity contribution in [2.24, 2.45) is 0 Å². The number of carbonyl (C=O) groups is 4. The number of hydrogen-bond donors (Lipinski definition) is 2. The van der Waals surface area contributed by atoms with Crippen molar-refractivity contribution in [3.8, 4) is 0 Å². The van der Waals surface area contributed by atoms with Gasteiger partial charge < -0.3 is 19.9 Å². The zero-order valence-corrected chi connectivity index (χ0v) is 19.5. The number of rotatable bonds is 8. The van der Waals surface area contributed by atoms with Gasteiger partial charge in [-0.15, -0.1) is 0 Å². The summed E-state index contributed by atoms with van der Waals surface area (Å²) in [5.74, 6) is -4.50. The van der Waals surface area contributed by atoms with E-state index in [4.69, 9.17) is 9.47 Å². The minimum atomic E-state index is -2.10. The molecule has 8 nitrogen and oxygen atoms in total. The van der Waals surface area contributed by atoms with Crippen LogP contribution < -0.4 is 5.32 Å². The summed E-state index contributed by atoms with van der Waals surface area (Å²) >= 11 is 0. The van der Waals surface area contributed by atoms with E-state index in [2.05, 4.69) is 5.32 Å². The highest BCUT2D eigenvalue weighted by atomic mass is 16.6. The number of aryl methyl sites for hydroxylation is 3. The predicted molar refractivity (Wildman–Crippen MR) is 128 cm³/mol. The molecule has 0 aliphatic carbocycles. The summed E-state index contributed by atoms with van der Waals surface area (Å²) in [6, 6.07) is 19.5. The number of aliphatic carboxylic acids is 1. The van der Waals surface area contributed by atoms with Gasteiger partial charge in [0.1, 0.15) is 0 Å². The smallest absolute Gasteiger partial charge is 0.349 e. The fraction of sp³-hybridized carbons (Fsp3) is 0.185. The van der Waals surface area contributed by atoms with Gasteiger partial charge in [-0.25, -0.2) is 14.4 Å². The van der Waals surface area contributed by atoms with Crippen molar-refractivity contribution < 1.29 is 33.8 Å². The second-order valence-corrected chi connectivity index (χ2v) is 8.03. The lowest BCUT2D eigenvalue weighted by molar-refractivity contribution is -0.157. The Kier molecular flexibility index (Phi) is 7.99. The summed E-state index contributed by atoms with van der Waals surface area (Å²) in [4.78, 5) is 50.8. The summed E-state index contributed by atoms with van der Waals surface area (Å²) in [6.45, 7) is 5.27. The third-order valence-electron chi connectivity index (χ3n) is 5.16. The van der Waals surface area contributed by atoms with Gasteiger partial charge >= 0.3 is 17.9 Å². The molecule has 0 unspecified atom stereocenters. The van der Waals surface area contributed by atoms with Crippen LogP contribution in [0.3, 0.4) is 0 Å². The van der Waals surface area contributed by atoms with Gasteiger partial charge in [-0.05, 0) is 56.7 Å². The molecule has 3 aromatic rings. The number of carboxylic acid groups (broad SMARTS) is 1. The minimum Gasteiger partial charge on any atom is -0.478 e. The lowest BCUT2D eigenvalue weighted by atomic mass is 10.1. The first-order valence-electron chi connectivity index (χ1n) is 10.8. The average Bonchev–Trinajstić information content (AvgIpc) is 2.82. The van der Waals surface area contributed by atoms with Crippen LogP contribution in [0, 0.1) is 20.8 Å². The first-order chi connectivity index (χ1) is 16.7. The van der Waals surface area contributed by atoms with E-state index < -0.39 is 36.0 Å². The molecule has 0 aliphatic heterocycles. The van der Waals surface area contributed by atoms with Gasteiger partial charge in [0.15, 0.2) is 0 Å². The van der Waals surface area contributed by atoms with E-state index in [1.807, 2.05) is 0 Å². The van der Waals surface area contributed by atoms with Crippen LogP contribution in [0.1, 0.15) is 37.4 Å². The van der Waals surface area contributed by atoms with Crippen LogP contribution in [-0.2, 0) is 19.1 Å². The Hall–Kier alpha value is -4.46. The normalized spacial score (nSPS) is 12.2. The Labute approximate surface area is 202 Å². The third-order valence-corrected chi connectivity index (χ3v) is 5.16. The first-order valence-corrected chi connectivity index (χ1v) is 10.8. The van der Waals surface area contributed by atoms with E-state index >= 15 is 0 Å². The van der Waals surface area contributed by atoms with E-state index in [0.29, 0.717) is 11.3 Å². The maximum Gasteiger partial charge on any atom is 0.349 e. The number of carbonyl (C=O) groups excluding carboxylic acids is 3. The highest BCUT2D eigenvalue weighted by Gasteiger charge is 2.41. The summed E-state index contributed by atoms with van der Waals surface area (Å²) in [5, 5.41) is 12.4. The van der Waals surface area contributed by atoms with E-state index in [1.165, 1.54) is 24.3 Å². The predicted octanol–water partition coefficient (Wildman–Crippen LogP) is 4.09. The number of carboxylic acids is 1. The van der Waals surface area contributed by atoms with Crippen LogP contribution in [0.15, 0.2) is 72.8 Å². The van der Waals surface area contributed by atoms with Gasteiger partial charge in [0, 0.05) is 5.69 Å². The molecule has 0 fully saturated rings. The monoisotopic (exact) mass is 475 g/mol. The quantitative estimate of drug-likeness (QED) is 0.471. The van der Waals surface area contributed by atoms with Crippen LogP contribution in [0.4, 0.5) is 5.69 Å². The Morgan fingerprint density at radius 3 is 1.71 bits per heavy atom. The molecule has 2 N–H and O–H groups in total. The number of hydrogen-bond acceptors (Lipinski definition) is 6. The lowest BCUT2D eigenvalue weighted by Gasteiger charge is -2.24. The molecule has 0 saturated carbocycles. The van der Waals surface area contributed by atoms with E-state index in [-0.39, 0.29) is 11.1 Å². The Balaban J connectivity index is 1.93. The van der Waals surface area contributed by atoms with E-state index in [9.17, 15) is 24.3 Å². The molecule has 0 radical (unpaired) electrons. The minimum absolute atomic E-state index is 0.0966. The van der Waals surface area contributed by atoms with Gasteiger partial charge in [0.25, 0.3) is 5.91 Å². The molecule has 3 aromatic carbocycles. The number of nitrogens with one attached hydrogen (secondary N) is 1. The SMILES string of the molecule is Cc1cccc(C(=O)O[C@H](C(=O)O)[C@H](OC(=O)c2cccc(C)c2)C(=O)Nc2ccccc2C)c1. The molecule has 0 spiro atoms. The molecule has 180 valence electrons. The van der Waals surface area contributed by atoms with Crippen LogP contribution in [-0.4, -0.2) is 41.1 Å². The highest BCUT2D eigenvalue weighted by Crippen LogP contribution is 2.18.